The van der Waals surface area contributed by atoms with Gasteiger partial charge in [-0.1, -0.05) is 30.3 Å². The van der Waals surface area contributed by atoms with E-state index < -0.39 is 0 Å². The summed E-state index contributed by atoms with van der Waals surface area (Å²) >= 11 is 3.60. The van der Waals surface area contributed by atoms with Crippen LogP contribution in [0.1, 0.15) is 5.82 Å². The van der Waals surface area contributed by atoms with Gasteiger partial charge in [0.05, 0.1) is 4.47 Å². The lowest BCUT2D eigenvalue weighted by Crippen LogP contribution is -2.16. The summed E-state index contributed by atoms with van der Waals surface area (Å²) in [5.41, 5.74) is 5.72. The van der Waals surface area contributed by atoms with E-state index in [4.69, 9.17) is 10.5 Å². The Bertz CT molecular complexity index is 853. The average Bonchev–Trinajstić information content (AvgIpc) is 2.54. The van der Waals surface area contributed by atoms with Gasteiger partial charge in [-0.3, -0.25) is 0 Å². The van der Waals surface area contributed by atoms with E-state index >= 15 is 0 Å². The molecule has 0 saturated carbocycles. The molecule has 0 aliphatic heterocycles. The van der Waals surface area contributed by atoms with Crippen LogP contribution < -0.4 is 15.4 Å². The highest BCUT2D eigenvalue weighted by atomic mass is 79.9. The van der Waals surface area contributed by atoms with E-state index in [1.807, 2.05) is 44.4 Å². The van der Waals surface area contributed by atoms with Crippen LogP contribution in [0.25, 0.3) is 10.8 Å². The predicted molar refractivity (Wildman–Crippen MR) is 94.5 cm³/mol. The second-order valence-electron chi connectivity index (χ2n) is 5.19. The Labute approximate surface area is 142 Å². The van der Waals surface area contributed by atoms with Crippen molar-refractivity contribution >= 4 is 38.6 Å². The molecule has 0 atom stereocenters. The summed E-state index contributed by atoms with van der Waals surface area (Å²) in [5, 5.41) is 2.24. The van der Waals surface area contributed by atoms with Gasteiger partial charge in [0.25, 0.3) is 0 Å². The lowest BCUT2D eigenvalue weighted by atomic mass is 10.1. The van der Waals surface area contributed by atoms with Crippen LogP contribution in [-0.2, 0) is 6.61 Å². The first-order valence-corrected chi connectivity index (χ1v) is 7.81. The molecule has 0 spiro atoms. The maximum Gasteiger partial charge on any atom is 0.230 e. The maximum atomic E-state index is 5.85. The summed E-state index contributed by atoms with van der Waals surface area (Å²) in [7, 11) is 3.69. The zero-order chi connectivity index (χ0) is 16.4. The standard InChI is InChI=1S/C16H16BrN5O/c1-22(2)16-20-13(19-15(18)21-16)9-23-12-8-7-10-5-3-4-6-11(10)14(12)17/h3-8H,9H2,1-2H3,(H2,18,19,20,21). The molecule has 3 aromatic rings. The Morgan fingerprint density at radius 1 is 1.09 bits per heavy atom. The highest BCUT2D eigenvalue weighted by molar-refractivity contribution is 9.10. The van der Waals surface area contributed by atoms with Gasteiger partial charge in [-0.2, -0.15) is 15.0 Å². The van der Waals surface area contributed by atoms with Crippen molar-refractivity contribution in [2.24, 2.45) is 0 Å². The van der Waals surface area contributed by atoms with E-state index in [1.54, 1.807) is 4.90 Å². The molecular formula is C16H16BrN5O. The van der Waals surface area contributed by atoms with Gasteiger partial charge in [-0.05, 0) is 32.8 Å². The van der Waals surface area contributed by atoms with E-state index in [1.165, 1.54) is 0 Å². The van der Waals surface area contributed by atoms with Gasteiger partial charge >= 0.3 is 0 Å². The van der Waals surface area contributed by atoms with Crippen LogP contribution in [0.15, 0.2) is 40.9 Å². The minimum absolute atomic E-state index is 0.180. The molecule has 2 aromatic carbocycles. The molecule has 1 aromatic heterocycles. The fraction of sp³-hybridized carbons (Fsp3) is 0.188. The highest BCUT2D eigenvalue weighted by Gasteiger charge is 2.10. The van der Waals surface area contributed by atoms with Crippen molar-refractivity contribution in [3.8, 4) is 5.75 Å². The Morgan fingerprint density at radius 3 is 2.65 bits per heavy atom. The number of aromatic nitrogens is 3. The van der Waals surface area contributed by atoms with Crippen molar-refractivity contribution in [1.29, 1.82) is 0 Å². The van der Waals surface area contributed by atoms with Crippen molar-refractivity contribution in [2.45, 2.75) is 6.61 Å². The van der Waals surface area contributed by atoms with Gasteiger partial charge in [0, 0.05) is 14.1 Å². The van der Waals surface area contributed by atoms with Crippen LogP contribution >= 0.6 is 15.9 Å². The Balaban J connectivity index is 1.85. The Hall–Kier alpha value is -2.41. The minimum atomic E-state index is 0.180. The second-order valence-corrected chi connectivity index (χ2v) is 5.98. The average molecular weight is 374 g/mol. The fourth-order valence-electron chi connectivity index (χ4n) is 2.16. The summed E-state index contributed by atoms with van der Waals surface area (Å²) in [5.74, 6) is 1.91. The van der Waals surface area contributed by atoms with E-state index in [9.17, 15) is 0 Å². The highest BCUT2D eigenvalue weighted by Crippen LogP contribution is 2.33. The molecule has 0 aliphatic carbocycles. The third kappa shape index (κ3) is 3.34. The molecule has 0 fully saturated rings. The van der Waals surface area contributed by atoms with Crippen molar-refractivity contribution in [1.82, 2.24) is 15.0 Å². The molecule has 0 radical (unpaired) electrons. The summed E-state index contributed by atoms with van der Waals surface area (Å²) in [4.78, 5) is 14.3. The van der Waals surface area contributed by atoms with E-state index in [2.05, 4.69) is 36.9 Å². The van der Waals surface area contributed by atoms with Gasteiger partial charge in [-0.25, -0.2) is 0 Å². The summed E-state index contributed by atoms with van der Waals surface area (Å²) in [6.45, 7) is 0.213. The van der Waals surface area contributed by atoms with Gasteiger partial charge in [0.1, 0.15) is 12.4 Å². The number of nitrogens with two attached hydrogens (primary N) is 1. The third-order valence-corrected chi connectivity index (χ3v) is 4.09. The van der Waals surface area contributed by atoms with Crippen molar-refractivity contribution < 1.29 is 4.74 Å². The molecule has 2 N–H and O–H groups in total. The number of ether oxygens (including phenoxy) is 1. The molecule has 0 aliphatic rings. The number of anilines is 2. The minimum Gasteiger partial charge on any atom is -0.484 e. The molecule has 6 nitrogen and oxygen atoms in total. The molecule has 0 bridgehead atoms. The van der Waals surface area contributed by atoms with Gasteiger partial charge in [-0.15, -0.1) is 0 Å². The number of halogens is 1. The topological polar surface area (TPSA) is 77.2 Å². The van der Waals surface area contributed by atoms with Crippen LogP contribution in [0.2, 0.25) is 0 Å². The second kappa shape index (κ2) is 6.37. The first kappa shape index (κ1) is 15.5. The number of rotatable bonds is 4. The van der Waals surface area contributed by atoms with Crippen LogP contribution in [0.4, 0.5) is 11.9 Å². The van der Waals surface area contributed by atoms with Crippen molar-refractivity contribution in [3.05, 3.63) is 46.7 Å². The van der Waals surface area contributed by atoms with Gasteiger partial charge < -0.3 is 15.4 Å². The zero-order valence-electron chi connectivity index (χ0n) is 12.8. The molecule has 23 heavy (non-hydrogen) atoms. The summed E-state index contributed by atoms with van der Waals surface area (Å²) in [6.07, 6.45) is 0. The molecular weight excluding hydrogens is 358 g/mol. The normalized spacial score (nSPS) is 10.7. The lowest BCUT2D eigenvalue weighted by molar-refractivity contribution is 0.294. The van der Waals surface area contributed by atoms with Crippen LogP contribution in [0, 0.1) is 0 Å². The largest absolute Gasteiger partial charge is 0.484 e. The third-order valence-electron chi connectivity index (χ3n) is 3.27. The van der Waals surface area contributed by atoms with Crippen LogP contribution in [-0.4, -0.2) is 29.0 Å². The quantitative estimate of drug-likeness (QED) is 0.757. The fourth-order valence-corrected chi connectivity index (χ4v) is 2.76. The summed E-state index contributed by atoms with van der Waals surface area (Å²) in [6, 6.07) is 12.0. The van der Waals surface area contributed by atoms with Crippen molar-refractivity contribution in [3.63, 3.8) is 0 Å². The van der Waals surface area contributed by atoms with E-state index in [-0.39, 0.29) is 12.6 Å². The first-order chi connectivity index (χ1) is 11.0. The number of hydrogen-bond donors (Lipinski definition) is 1. The zero-order valence-corrected chi connectivity index (χ0v) is 14.4. The van der Waals surface area contributed by atoms with Crippen LogP contribution in [0.5, 0.6) is 5.75 Å². The monoisotopic (exact) mass is 373 g/mol. The Kier molecular flexibility index (Phi) is 4.29. The van der Waals surface area contributed by atoms with Gasteiger partial charge in [0.15, 0.2) is 5.82 Å². The van der Waals surface area contributed by atoms with Crippen LogP contribution in [0.3, 0.4) is 0 Å². The van der Waals surface area contributed by atoms with Crippen molar-refractivity contribution in [2.75, 3.05) is 24.7 Å². The molecule has 7 heteroatoms. The van der Waals surface area contributed by atoms with Gasteiger partial charge in [0.2, 0.25) is 11.9 Å². The number of benzene rings is 2. The molecule has 0 unspecified atom stereocenters. The molecule has 1 heterocycles. The van der Waals surface area contributed by atoms with E-state index in [0.717, 1.165) is 21.0 Å². The maximum absolute atomic E-state index is 5.85. The Morgan fingerprint density at radius 2 is 1.87 bits per heavy atom. The number of nitrogens with zero attached hydrogens (tertiary/aromatic N) is 4. The number of hydrogen-bond acceptors (Lipinski definition) is 6. The SMILES string of the molecule is CN(C)c1nc(N)nc(COc2ccc3ccccc3c2Br)n1. The molecule has 0 amide bonds. The molecule has 3 rings (SSSR count). The molecule has 118 valence electrons. The van der Waals surface area contributed by atoms with E-state index in [0.29, 0.717) is 11.8 Å². The predicted octanol–water partition coefficient (Wildman–Crippen LogP) is 3.01. The summed E-state index contributed by atoms with van der Waals surface area (Å²) < 4.78 is 6.75. The first-order valence-electron chi connectivity index (χ1n) is 7.02. The number of nitrogen functional groups attached to an aromatic ring is 1. The number of fused-ring (bicyclic) bond motifs is 1. The molecule has 0 saturated heterocycles. The smallest absolute Gasteiger partial charge is 0.230 e. The lowest BCUT2D eigenvalue weighted by Gasteiger charge is -2.13.